The van der Waals surface area contributed by atoms with Crippen molar-refractivity contribution in [1.82, 2.24) is 14.9 Å². The van der Waals surface area contributed by atoms with Gasteiger partial charge in [-0.15, -0.1) is 0 Å². The van der Waals surface area contributed by atoms with Gasteiger partial charge in [-0.2, -0.15) is 0 Å². The standard InChI is InChI=1S/C22H26N4O2/c1-2-3-21(27)25-20-14-24-22-19(20)12-18(13-23-22)17-6-4-16(5-7-17)15-26-8-10-28-11-9-26/h4-7,12-14H,2-3,8-11,15H2,1H3,(H,23,24)(H,25,27). The van der Waals surface area contributed by atoms with Crippen molar-refractivity contribution in [2.75, 3.05) is 31.6 Å². The lowest BCUT2D eigenvalue weighted by molar-refractivity contribution is -0.116. The number of carbonyl (C=O) groups is 1. The predicted molar refractivity (Wildman–Crippen MR) is 111 cm³/mol. The number of benzene rings is 1. The Morgan fingerprint density at radius 2 is 2.00 bits per heavy atom. The number of nitrogens with one attached hydrogen (secondary N) is 2. The first kappa shape index (κ1) is 18.7. The first-order chi connectivity index (χ1) is 13.7. The van der Waals surface area contributed by atoms with E-state index >= 15 is 0 Å². The van der Waals surface area contributed by atoms with Crippen molar-refractivity contribution in [3.8, 4) is 11.1 Å². The molecule has 28 heavy (non-hydrogen) atoms. The summed E-state index contributed by atoms with van der Waals surface area (Å²) in [6.07, 6.45) is 5.02. The van der Waals surface area contributed by atoms with Gasteiger partial charge in [0, 0.05) is 49.4 Å². The third-order valence-electron chi connectivity index (χ3n) is 5.08. The molecule has 1 saturated heterocycles. The van der Waals surface area contributed by atoms with Crippen molar-refractivity contribution < 1.29 is 9.53 Å². The molecule has 1 aromatic carbocycles. The monoisotopic (exact) mass is 378 g/mol. The fraction of sp³-hybridized carbons (Fsp3) is 0.364. The highest BCUT2D eigenvalue weighted by atomic mass is 16.5. The van der Waals surface area contributed by atoms with Crippen molar-refractivity contribution in [2.45, 2.75) is 26.3 Å². The number of H-pyrrole nitrogens is 1. The molecule has 3 heterocycles. The van der Waals surface area contributed by atoms with E-state index < -0.39 is 0 Å². The van der Waals surface area contributed by atoms with Gasteiger partial charge in [0.25, 0.3) is 0 Å². The van der Waals surface area contributed by atoms with E-state index in [4.69, 9.17) is 4.74 Å². The van der Waals surface area contributed by atoms with Crippen LogP contribution in [0.5, 0.6) is 0 Å². The minimum Gasteiger partial charge on any atom is -0.379 e. The minimum atomic E-state index is 0.0290. The minimum absolute atomic E-state index is 0.0290. The number of rotatable bonds is 6. The van der Waals surface area contributed by atoms with Crippen LogP contribution in [0, 0.1) is 0 Å². The Labute approximate surface area is 164 Å². The molecule has 1 amide bonds. The third-order valence-corrected chi connectivity index (χ3v) is 5.08. The number of fused-ring (bicyclic) bond motifs is 1. The average molecular weight is 378 g/mol. The Morgan fingerprint density at radius 3 is 2.75 bits per heavy atom. The molecule has 0 spiro atoms. The Morgan fingerprint density at radius 1 is 1.21 bits per heavy atom. The van der Waals surface area contributed by atoms with Crippen LogP contribution in [0.4, 0.5) is 5.69 Å². The summed E-state index contributed by atoms with van der Waals surface area (Å²) in [6.45, 7) is 6.56. The number of carbonyl (C=O) groups excluding carboxylic acids is 1. The number of anilines is 1. The summed E-state index contributed by atoms with van der Waals surface area (Å²) in [5.41, 5.74) is 5.02. The van der Waals surface area contributed by atoms with Crippen LogP contribution in [0.2, 0.25) is 0 Å². The Bertz CT molecular complexity index is 943. The highest BCUT2D eigenvalue weighted by Gasteiger charge is 2.12. The van der Waals surface area contributed by atoms with Gasteiger partial charge >= 0.3 is 0 Å². The van der Waals surface area contributed by atoms with E-state index in [0.29, 0.717) is 6.42 Å². The van der Waals surface area contributed by atoms with E-state index in [-0.39, 0.29) is 5.91 Å². The zero-order valence-corrected chi connectivity index (χ0v) is 16.2. The summed E-state index contributed by atoms with van der Waals surface area (Å²) >= 11 is 0. The molecule has 146 valence electrons. The molecule has 0 unspecified atom stereocenters. The fourth-order valence-electron chi connectivity index (χ4n) is 3.52. The van der Waals surface area contributed by atoms with E-state index in [9.17, 15) is 4.79 Å². The molecular weight excluding hydrogens is 352 g/mol. The average Bonchev–Trinajstić information content (AvgIpc) is 3.11. The summed E-state index contributed by atoms with van der Waals surface area (Å²) < 4.78 is 5.41. The predicted octanol–water partition coefficient (Wildman–Crippen LogP) is 3.80. The number of aromatic amines is 1. The van der Waals surface area contributed by atoms with Crippen molar-refractivity contribution >= 4 is 22.6 Å². The van der Waals surface area contributed by atoms with E-state index in [1.807, 2.05) is 13.1 Å². The van der Waals surface area contributed by atoms with Crippen LogP contribution in [-0.4, -0.2) is 47.1 Å². The molecule has 0 radical (unpaired) electrons. The molecule has 1 aliphatic heterocycles. The number of nitrogens with zero attached hydrogens (tertiary/aromatic N) is 2. The molecule has 0 aliphatic carbocycles. The van der Waals surface area contributed by atoms with E-state index in [0.717, 1.165) is 67.1 Å². The van der Waals surface area contributed by atoms with Gasteiger partial charge in [-0.05, 0) is 23.6 Å². The van der Waals surface area contributed by atoms with Crippen LogP contribution in [0.25, 0.3) is 22.2 Å². The third kappa shape index (κ3) is 4.24. The Hall–Kier alpha value is -2.70. The number of ether oxygens (including phenoxy) is 1. The van der Waals surface area contributed by atoms with Crippen molar-refractivity contribution in [3.63, 3.8) is 0 Å². The maximum Gasteiger partial charge on any atom is 0.224 e. The smallest absolute Gasteiger partial charge is 0.224 e. The lowest BCUT2D eigenvalue weighted by Gasteiger charge is -2.26. The molecule has 2 N–H and O–H groups in total. The maximum absolute atomic E-state index is 12.0. The van der Waals surface area contributed by atoms with Gasteiger partial charge < -0.3 is 15.0 Å². The van der Waals surface area contributed by atoms with Gasteiger partial charge in [0.05, 0.1) is 18.9 Å². The zero-order valence-electron chi connectivity index (χ0n) is 16.2. The summed E-state index contributed by atoms with van der Waals surface area (Å²) in [4.78, 5) is 22.0. The number of morpholine rings is 1. The van der Waals surface area contributed by atoms with Crippen LogP contribution in [-0.2, 0) is 16.1 Å². The Kier molecular flexibility index (Phi) is 5.69. The summed E-state index contributed by atoms with van der Waals surface area (Å²) in [5, 5.41) is 3.90. The first-order valence-electron chi connectivity index (χ1n) is 9.89. The van der Waals surface area contributed by atoms with E-state index in [1.165, 1.54) is 5.56 Å². The van der Waals surface area contributed by atoms with Gasteiger partial charge in [0.2, 0.25) is 5.91 Å². The molecular formula is C22H26N4O2. The summed E-state index contributed by atoms with van der Waals surface area (Å²) in [6, 6.07) is 10.7. The zero-order chi connectivity index (χ0) is 19.3. The molecule has 0 saturated carbocycles. The van der Waals surface area contributed by atoms with Gasteiger partial charge in [-0.25, -0.2) is 4.98 Å². The van der Waals surface area contributed by atoms with Gasteiger partial charge in [0.15, 0.2) is 0 Å². The maximum atomic E-state index is 12.0. The second-order valence-corrected chi connectivity index (χ2v) is 7.21. The Balaban J connectivity index is 1.52. The molecule has 1 fully saturated rings. The highest BCUT2D eigenvalue weighted by Crippen LogP contribution is 2.28. The van der Waals surface area contributed by atoms with Crippen molar-refractivity contribution in [3.05, 3.63) is 48.3 Å². The topological polar surface area (TPSA) is 70.2 Å². The second kappa shape index (κ2) is 8.54. The quantitative estimate of drug-likeness (QED) is 0.684. The van der Waals surface area contributed by atoms with Gasteiger partial charge in [-0.3, -0.25) is 9.69 Å². The molecule has 0 bridgehead atoms. The number of aromatic nitrogens is 2. The van der Waals surface area contributed by atoms with Gasteiger partial charge in [-0.1, -0.05) is 31.2 Å². The molecule has 6 nitrogen and oxygen atoms in total. The molecule has 0 atom stereocenters. The van der Waals surface area contributed by atoms with Gasteiger partial charge in [0.1, 0.15) is 5.65 Å². The largest absolute Gasteiger partial charge is 0.379 e. The molecule has 4 rings (SSSR count). The van der Waals surface area contributed by atoms with Crippen LogP contribution >= 0.6 is 0 Å². The number of hydrogen-bond acceptors (Lipinski definition) is 4. The van der Waals surface area contributed by atoms with Crippen LogP contribution in [0.15, 0.2) is 42.7 Å². The second-order valence-electron chi connectivity index (χ2n) is 7.21. The van der Waals surface area contributed by atoms with Crippen LogP contribution in [0.1, 0.15) is 25.3 Å². The molecule has 6 heteroatoms. The lowest BCUT2D eigenvalue weighted by atomic mass is 10.0. The molecule has 2 aromatic heterocycles. The van der Waals surface area contributed by atoms with E-state index in [1.54, 1.807) is 6.20 Å². The lowest BCUT2D eigenvalue weighted by Crippen LogP contribution is -2.35. The SMILES string of the molecule is CCCC(=O)Nc1c[nH]c2ncc(-c3ccc(CN4CCOCC4)cc3)cc12. The van der Waals surface area contributed by atoms with Crippen molar-refractivity contribution in [1.29, 1.82) is 0 Å². The summed E-state index contributed by atoms with van der Waals surface area (Å²) in [5.74, 6) is 0.0290. The fourth-order valence-corrected chi connectivity index (χ4v) is 3.52. The summed E-state index contributed by atoms with van der Waals surface area (Å²) in [7, 11) is 0. The van der Waals surface area contributed by atoms with Crippen LogP contribution < -0.4 is 5.32 Å². The molecule has 3 aromatic rings. The van der Waals surface area contributed by atoms with Crippen molar-refractivity contribution in [2.24, 2.45) is 0 Å². The first-order valence-corrected chi connectivity index (χ1v) is 9.89. The number of amides is 1. The molecule has 1 aliphatic rings. The number of pyridine rings is 1. The highest BCUT2D eigenvalue weighted by molar-refractivity contribution is 6.01. The normalized spacial score (nSPS) is 15.0. The van der Waals surface area contributed by atoms with E-state index in [2.05, 4.69) is 50.5 Å². The number of hydrogen-bond donors (Lipinski definition) is 2. The van der Waals surface area contributed by atoms with Crippen LogP contribution in [0.3, 0.4) is 0 Å².